The molecule has 36 heavy (non-hydrogen) atoms. The lowest BCUT2D eigenvalue weighted by molar-refractivity contribution is -0.144. The van der Waals surface area contributed by atoms with E-state index in [2.05, 4.69) is 5.32 Å². The standard InChI is InChI=1S/C29H47NO6/c1-7-24(32)21(4)28-25(36-28)18-29(6,34)17-11-12-19(2)27-20(3)15-16-23(35-22(5)31)13-9-8-10-14-26(33)30-27/h11-12,15-17,20-21,23-25,27-28,32,34H,7-10,13-14,18H2,1-6H3,(H,30,33)/t20-,21+,23?,24-,25+,27+,28+,29-/m0/s1. The molecule has 1 amide bonds. The number of esters is 1. The summed E-state index contributed by atoms with van der Waals surface area (Å²) in [5, 5.41) is 24.1. The van der Waals surface area contributed by atoms with Gasteiger partial charge in [0.2, 0.25) is 5.91 Å². The quantitative estimate of drug-likeness (QED) is 0.186. The second kappa shape index (κ2) is 14.1. The van der Waals surface area contributed by atoms with Crippen LogP contribution in [-0.2, 0) is 19.1 Å². The zero-order valence-corrected chi connectivity index (χ0v) is 22.9. The molecule has 2 aliphatic heterocycles. The van der Waals surface area contributed by atoms with E-state index in [1.165, 1.54) is 6.92 Å². The number of carbonyl (C=O) groups is 2. The number of aliphatic hydroxyl groups excluding tert-OH is 1. The normalized spacial score (nSPS) is 31.5. The zero-order valence-electron chi connectivity index (χ0n) is 22.9. The van der Waals surface area contributed by atoms with Gasteiger partial charge in [-0.15, -0.1) is 0 Å². The number of epoxide rings is 1. The van der Waals surface area contributed by atoms with Crippen LogP contribution in [0.1, 0.15) is 86.5 Å². The van der Waals surface area contributed by atoms with Crippen molar-refractivity contribution in [2.45, 2.75) is 123 Å². The highest BCUT2D eigenvalue weighted by molar-refractivity contribution is 5.76. The molecule has 0 aliphatic carbocycles. The lowest BCUT2D eigenvalue weighted by atomic mass is 9.91. The van der Waals surface area contributed by atoms with Crippen LogP contribution in [0.25, 0.3) is 0 Å². The van der Waals surface area contributed by atoms with Crippen LogP contribution in [0.2, 0.25) is 0 Å². The van der Waals surface area contributed by atoms with Crippen molar-refractivity contribution in [2.75, 3.05) is 0 Å². The van der Waals surface area contributed by atoms with Crippen molar-refractivity contribution in [2.24, 2.45) is 11.8 Å². The molecule has 2 rings (SSSR count). The highest BCUT2D eigenvalue weighted by atomic mass is 16.6. The van der Waals surface area contributed by atoms with Gasteiger partial charge in [-0.05, 0) is 51.5 Å². The van der Waals surface area contributed by atoms with E-state index >= 15 is 0 Å². The van der Waals surface area contributed by atoms with Crippen molar-refractivity contribution in [1.29, 1.82) is 0 Å². The zero-order chi connectivity index (χ0) is 26.9. The summed E-state index contributed by atoms with van der Waals surface area (Å²) in [6.45, 7) is 11.1. The molecule has 7 nitrogen and oxygen atoms in total. The minimum Gasteiger partial charge on any atom is -0.458 e. The number of hydrogen-bond donors (Lipinski definition) is 3. The summed E-state index contributed by atoms with van der Waals surface area (Å²) in [6.07, 6.45) is 13.7. The van der Waals surface area contributed by atoms with E-state index in [1.807, 2.05) is 52.0 Å². The summed E-state index contributed by atoms with van der Waals surface area (Å²) in [7, 11) is 0. The predicted molar refractivity (Wildman–Crippen MR) is 141 cm³/mol. The molecule has 2 aliphatic rings. The van der Waals surface area contributed by atoms with Crippen molar-refractivity contribution >= 4 is 11.9 Å². The van der Waals surface area contributed by atoms with Crippen molar-refractivity contribution in [3.63, 3.8) is 0 Å². The van der Waals surface area contributed by atoms with Gasteiger partial charge in [0, 0.05) is 25.7 Å². The topological polar surface area (TPSA) is 108 Å². The number of rotatable bonds is 9. The van der Waals surface area contributed by atoms with Crippen LogP contribution in [-0.4, -0.2) is 58.1 Å². The Labute approximate surface area is 217 Å². The number of carbonyl (C=O) groups excluding carboxylic acids is 2. The third-order valence-corrected chi connectivity index (χ3v) is 7.27. The van der Waals surface area contributed by atoms with Crippen molar-refractivity contribution in [1.82, 2.24) is 5.32 Å². The third-order valence-electron chi connectivity index (χ3n) is 7.27. The number of allylic oxidation sites excluding steroid dienone is 2. The largest absolute Gasteiger partial charge is 0.458 e. The minimum atomic E-state index is -1.05. The van der Waals surface area contributed by atoms with E-state index in [4.69, 9.17) is 9.47 Å². The Bertz CT molecular complexity index is 817. The van der Waals surface area contributed by atoms with Crippen LogP contribution in [0.5, 0.6) is 0 Å². The fraction of sp³-hybridized carbons (Fsp3) is 0.724. The molecule has 2 heterocycles. The summed E-state index contributed by atoms with van der Waals surface area (Å²) >= 11 is 0. The van der Waals surface area contributed by atoms with Gasteiger partial charge in [-0.1, -0.05) is 57.1 Å². The molecular weight excluding hydrogens is 458 g/mol. The summed E-state index contributed by atoms with van der Waals surface area (Å²) in [6, 6.07) is -0.215. The lowest BCUT2D eigenvalue weighted by Gasteiger charge is -2.25. The number of ether oxygens (including phenoxy) is 2. The van der Waals surface area contributed by atoms with E-state index in [0.29, 0.717) is 19.3 Å². The molecule has 1 fully saturated rings. The predicted octanol–water partition coefficient (Wildman–Crippen LogP) is 4.38. The Morgan fingerprint density at radius 3 is 2.69 bits per heavy atom. The molecule has 1 saturated heterocycles. The highest BCUT2D eigenvalue weighted by Crippen LogP contribution is 2.37. The Balaban J connectivity index is 2.06. The molecule has 0 bridgehead atoms. The Morgan fingerprint density at radius 1 is 1.31 bits per heavy atom. The molecule has 0 saturated carbocycles. The van der Waals surface area contributed by atoms with Gasteiger partial charge in [0.1, 0.15) is 6.10 Å². The molecule has 0 aromatic rings. The SMILES string of the molecule is CC[C@H](O)[C@@H](C)[C@H]1O[C@@H]1C[C@@](C)(O)C=CC=C(C)[C@H]1NC(=O)CCCCCC(OC(C)=O)C=C[C@@H]1C. The van der Waals surface area contributed by atoms with Gasteiger partial charge in [-0.3, -0.25) is 9.59 Å². The van der Waals surface area contributed by atoms with Crippen molar-refractivity contribution in [3.05, 3.63) is 36.0 Å². The van der Waals surface area contributed by atoms with Gasteiger partial charge in [-0.2, -0.15) is 0 Å². The average Bonchev–Trinajstić information content (AvgIpc) is 3.55. The van der Waals surface area contributed by atoms with Gasteiger partial charge in [0.15, 0.2) is 0 Å². The summed E-state index contributed by atoms with van der Waals surface area (Å²) < 4.78 is 11.2. The molecule has 1 unspecified atom stereocenters. The first-order chi connectivity index (χ1) is 16.9. The third kappa shape index (κ3) is 10.2. The number of aliphatic hydroxyl groups is 2. The average molecular weight is 506 g/mol. The summed E-state index contributed by atoms with van der Waals surface area (Å²) in [5.41, 5.74) is -0.0834. The maximum atomic E-state index is 12.6. The maximum absolute atomic E-state index is 12.6. The molecule has 7 heteroatoms. The van der Waals surface area contributed by atoms with Crippen LogP contribution < -0.4 is 5.32 Å². The van der Waals surface area contributed by atoms with Crippen LogP contribution in [0.3, 0.4) is 0 Å². The molecule has 204 valence electrons. The Morgan fingerprint density at radius 2 is 2.03 bits per heavy atom. The first-order valence-corrected chi connectivity index (χ1v) is 13.5. The molecular formula is C29H47NO6. The minimum absolute atomic E-state index is 0.0105. The molecule has 8 atom stereocenters. The molecule has 0 aromatic carbocycles. The fourth-order valence-corrected chi connectivity index (χ4v) is 4.89. The lowest BCUT2D eigenvalue weighted by Crippen LogP contribution is -2.40. The number of hydrogen-bond acceptors (Lipinski definition) is 6. The highest BCUT2D eigenvalue weighted by Gasteiger charge is 2.47. The van der Waals surface area contributed by atoms with Crippen LogP contribution >= 0.6 is 0 Å². The van der Waals surface area contributed by atoms with Crippen LogP contribution in [0, 0.1) is 11.8 Å². The van der Waals surface area contributed by atoms with Crippen molar-refractivity contribution < 1.29 is 29.3 Å². The molecule has 0 spiro atoms. The summed E-state index contributed by atoms with van der Waals surface area (Å²) in [4.78, 5) is 24.0. The van der Waals surface area contributed by atoms with Gasteiger partial charge in [0.05, 0.1) is 30.0 Å². The smallest absolute Gasteiger partial charge is 0.303 e. The van der Waals surface area contributed by atoms with E-state index in [0.717, 1.165) is 31.3 Å². The molecule has 0 radical (unpaired) electrons. The Hall–Kier alpha value is -1.96. The maximum Gasteiger partial charge on any atom is 0.303 e. The van der Waals surface area contributed by atoms with Crippen LogP contribution in [0.4, 0.5) is 0 Å². The number of nitrogens with one attached hydrogen (secondary N) is 1. The van der Waals surface area contributed by atoms with Gasteiger partial charge < -0.3 is 25.0 Å². The fourth-order valence-electron chi connectivity index (χ4n) is 4.89. The monoisotopic (exact) mass is 505 g/mol. The second-order valence-electron chi connectivity index (χ2n) is 10.8. The number of amides is 1. The Kier molecular flexibility index (Phi) is 11.9. The van der Waals surface area contributed by atoms with Gasteiger partial charge in [-0.25, -0.2) is 0 Å². The molecule has 0 aromatic heterocycles. The van der Waals surface area contributed by atoms with Crippen molar-refractivity contribution in [3.8, 4) is 0 Å². The first-order valence-electron chi connectivity index (χ1n) is 13.5. The molecule has 3 N–H and O–H groups in total. The summed E-state index contributed by atoms with van der Waals surface area (Å²) in [5.74, 6) is -0.229. The van der Waals surface area contributed by atoms with E-state index in [1.54, 1.807) is 13.0 Å². The van der Waals surface area contributed by atoms with Gasteiger partial charge in [0.25, 0.3) is 0 Å². The van der Waals surface area contributed by atoms with Crippen LogP contribution in [0.15, 0.2) is 36.0 Å². The van der Waals surface area contributed by atoms with Gasteiger partial charge >= 0.3 is 5.97 Å². The first kappa shape index (κ1) is 30.3. The van der Waals surface area contributed by atoms with E-state index < -0.39 is 11.7 Å². The van der Waals surface area contributed by atoms with E-state index in [9.17, 15) is 19.8 Å². The van der Waals surface area contributed by atoms with E-state index in [-0.39, 0.29) is 48.1 Å². The second-order valence-corrected chi connectivity index (χ2v) is 10.8.